The first-order chi connectivity index (χ1) is 22.8. The second-order valence-electron chi connectivity index (χ2n) is 12.2. The molecule has 7 rings (SSSR count). The minimum Gasteiger partial charge on any atom is -0.493 e. The van der Waals surface area contributed by atoms with E-state index in [-0.39, 0.29) is 70.1 Å². The number of H-pyrrole nitrogens is 1. The SMILES string of the molecule is COc1cc([C@H]2c3sc(=O)[nH]c3SC3C4CC(C5C(=O)N(CCC(=O)O)C(=O)C45)C32)ccc1OCC(=O)Nc1ccc(S(N)(=O)=O)cc1. The van der Waals surface area contributed by atoms with Crippen molar-refractivity contribution < 1.29 is 42.2 Å². The molecule has 7 atom stereocenters. The van der Waals surface area contributed by atoms with Gasteiger partial charge in [-0.1, -0.05) is 17.4 Å². The Morgan fingerprint density at radius 3 is 2.44 bits per heavy atom. The Hall–Kier alpha value is -4.19. The van der Waals surface area contributed by atoms with Gasteiger partial charge in [-0.3, -0.25) is 28.9 Å². The zero-order valence-corrected chi connectivity index (χ0v) is 27.7. The maximum Gasteiger partial charge on any atom is 0.305 e. The molecule has 3 amide bonds. The molecule has 3 heterocycles. The number of rotatable bonds is 10. The molecular weight excluding hydrogens is 685 g/mol. The van der Waals surface area contributed by atoms with Crippen molar-refractivity contribution in [1.29, 1.82) is 0 Å². The van der Waals surface area contributed by atoms with Gasteiger partial charge < -0.3 is 24.9 Å². The van der Waals surface area contributed by atoms with Crippen LogP contribution in [0.5, 0.6) is 11.5 Å². The zero-order chi connectivity index (χ0) is 34.1. The van der Waals surface area contributed by atoms with Crippen LogP contribution in [0, 0.1) is 29.6 Å². The van der Waals surface area contributed by atoms with E-state index < -0.39 is 33.7 Å². The van der Waals surface area contributed by atoms with Crippen LogP contribution in [0.2, 0.25) is 0 Å². The highest BCUT2D eigenvalue weighted by molar-refractivity contribution is 8.00. The molecule has 17 heteroatoms. The topological polar surface area (TPSA) is 215 Å². The number of aromatic nitrogens is 1. The molecule has 0 radical (unpaired) electrons. The van der Waals surface area contributed by atoms with E-state index in [2.05, 4.69) is 10.3 Å². The molecule has 252 valence electrons. The van der Waals surface area contributed by atoms with E-state index in [1.54, 1.807) is 23.9 Å². The lowest BCUT2D eigenvalue weighted by Gasteiger charge is -2.43. The van der Waals surface area contributed by atoms with Crippen molar-refractivity contribution >= 4 is 62.5 Å². The Morgan fingerprint density at radius 1 is 1.06 bits per heavy atom. The number of thiazole rings is 1. The molecule has 2 aliphatic carbocycles. The van der Waals surface area contributed by atoms with Crippen molar-refractivity contribution in [2.75, 3.05) is 25.6 Å². The number of methoxy groups -OCH3 is 1. The number of carboxylic acids is 1. The quantitative estimate of drug-likeness (QED) is 0.223. The summed E-state index contributed by atoms with van der Waals surface area (Å²) in [7, 11) is -2.40. The molecule has 6 unspecified atom stereocenters. The molecule has 5 N–H and O–H groups in total. The van der Waals surface area contributed by atoms with E-state index in [1.165, 1.54) is 31.4 Å². The summed E-state index contributed by atoms with van der Waals surface area (Å²) in [5, 5.41) is 17.6. The predicted molar refractivity (Wildman–Crippen MR) is 172 cm³/mol. The van der Waals surface area contributed by atoms with E-state index in [0.717, 1.165) is 31.7 Å². The van der Waals surface area contributed by atoms with Gasteiger partial charge in [-0.2, -0.15) is 0 Å². The number of carboxylic acid groups (broad SMARTS) is 1. The van der Waals surface area contributed by atoms with Gasteiger partial charge in [-0.05, 0) is 66.1 Å². The molecule has 3 fully saturated rings. The van der Waals surface area contributed by atoms with Gasteiger partial charge in [0.1, 0.15) is 0 Å². The normalized spacial score (nSPS) is 27.0. The molecule has 1 aromatic heterocycles. The maximum absolute atomic E-state index is 13.6. The van der Waals surface area contributed by atoms with Gasteiger partial charge in [-0.15, -0.1) is 11.8 Å². The fourth-order valence-corrected chi connectivity index (χ4v) is 11.3. The molecule has 1 saturated heterocycles. The largest absolute Gasteiger partial charge is 0.493 e. The van der Waals surface area contributed by atoms with Gasteiger partial charge in [0, 0.05) is 28.3 Å². The van der Waals surface area contributed by atoms with Gasteiger partial charge in [0.25, 0.3) is 5.91 Å². The highest BCUT2D eigenvalue weighted by atomic mass is 32.2. The maximum atomic E-state index is 13.6. The molecule has 2 saturated carbocycles. The number of nitrogens with zero attached hydrogens (tertiary/aromatic N) is 1. The number of likely N-dealkylation sites (tertiary alicyclic amines) is 1. The fraction of sp³-hybridized carbons (Fsp3) is 0.387. The van der Waals surface area contributed by atoms with E-state index in [9.17, 15) is 32.4 Å². The number of anilines is 1. The van der Waals surface area contributed by atoms with Crippen LogP contribution in [-0.2, 0) is 29.2 Å². The van der Waals surface area contributed by atoms with E-state index in [1.807, 2.05) is 6.07 Å². The number of benzene rings is 2. The number of thioether (sulfide) groups is 1. The summed E-state index contributed by atoms with van der Waals surface area (Å²) in [6.45, 7) is -0.518. The molecule has 4 aliphatic rings. The molecular formula is C31H30N4O10S3. The Bertz CT molecular complexity index is 2010. The molecule has 14 nitrogen and oxygen atoms in total. The second kappa shape index (κ2) is 12.0. The molecule has 2 aromatic carbocycles. The highest BCUT2D eigenvalue weighted by Gasteiger charge is 2.69. The lowest BCUT2D eigenvalue weighted by Crippen LogP contribution is -2.42. The lowest BCUT2D eigenvalue weighted by atomic mass is 9.68. The van der Waals surface area contributed by atoms with Crippen LogP contribution in [-0.4, -0.2) is 72.6 Å². The number of nitrogens with two attached hydrogens (primary N) is 1. The van der Waals surface area contributed by atoms with Crippen LogP contribution in [0.1, 0.15) is 29.2 Å². The van der Waals surface area contributed by atoms with Crippen LogP contribution in [0.15, 0.2) is 57.2 Å². The minimum atomic E-state index is -3.87. The Kier molecular flexibility index (Phi) is 8.12. The third-order valence-corrected chi connectivity index (χ3v) is 13.3. The number of primary sulfonamides is 1. The first-order valence-electron chi connectivity index (χ1n) is 15.1. The van der Waals surface area contributed by atoms with Crippen molar-refractivity contribution in [2.45, 2.75) is 33.9 Å². The van der Waals surface area contributed by atoms with Gasteiger partial charge in [0.05, 0.1) is 35.3 Å². The third kappa shape index (κ3) is 5.47. The first kappa shape index (κ1) is 32.4. The number of imide groups is 1. The number of carbonyl (C=O) groups excluding carboxylic acids is 3. The average Bonchev–Trinajstić information content (AvgIpc) is 3.77. The predicted octanol–water partition coefficient (Wildman–Crippen LogP) is 2.06. The smallest absolute Gasteiger partial charge is 0.305 e. The first-order valence-corrected chi connectivity index (χ1v) is 18.3. The van der Waals surface area contributed by atoms with E-state index in [0.29, 0.717) is 23.6 Å². The van der Waals surface area contributed by atoms with Crippen LogP contribution in [0.3, 0.4) is 0 Å². The Labute approximate surface area is 282 Å². The summed E-state index contributed by atoms with van der Waals surface area (Å²) in [6.07, 6.45) is 0.384. The average molecular weight is 715 g/mol. The molecule has 0 spiro atoms. The monoisotopic (exact) mass is 714 g/mol. The summed E-state index contributed by atoms with van der Waals surface area (Å²) in [5.74, 6) is -3.15. The van der Waals surface area contributed by atoms with Gasteiger partial charge in [0.15, 0.2) is 18.1 Å². The summed E-state index contributed by atoms with van der Waals surface area (Å²) in [5.41, 5.74) is 1.18. The molecule has 48 heavy (non-hydrogen) atoms. The van der Waals surface area contributed by atoms with Crippen molar-refractivity contribution in [3.63, 3.8) is 0 Å². The van der Waals surface area contributed by atoms with Crippen molar-refractivity contribution in [1.82, 2.24) is 9.88 Å². The third-order valence-electron chi connectivity index (χ3n) is 9.74. The number of hydrogen-bond donors (Lipinski definition) is 4. The number of fused-ring (bicyclic) bond motifs is 9. The number of nitrogens with one attached hydrogen (secondary N) is 2. The Balaban J connectivity index is 1.13. The van der Waals surface area contributed by atoms with E-state index >= 15 is 0 Å². The van der Waals surface area contributed by atoms with Crippen molar-refractivity contribution in [3.8, 4) is 11.5 Å². The summed E-state index contributed by atoms with van der Waals surface area (Å²) < 4.78 is 34.4. The summed E-state index contributed by atoms with van der Waals surface area (Å²) in [6, 6.07) is 10.7. The van der Waals surface area contributed by atoms with Crippen LogP contribution >= 0.6 is 23.1 Å². The number of aromatic amines is 1. The number of aliphatic carboxylic acids is 1. The summed E-state index contributed by atoms with van der Waals surface area (Å²) >= 11 is 2.67. The second-order valence-corrected chi connectivity index (χ2v) is 16.0. The standard InChI is InChI=1S/C31H30N4O10S3/c1-44-19-10-13(2-7-18(19)45-12-20(36)33-14-3-5-15(6-4-14)48(32,42)43)22-23-16-11-17(26(23)46-28-27(22)47-31(41)34-28)25-24(16)29(39)35(30(25)40)9-8-21(37)38/h2-7,10,16-17,22-26H,8-9,11-12H2,1H3,(H,33,36)(H,34,41)(H,37,38)(H2,32,42,43)/t16?,17?,22-,23?,24?,25?,26?/m1/s1. The van der Waals surface area contributed by atoms with Crippen LogP contribution in [0.25, 0.3) is 0 Å². The van der Waals surface area contributed by atoms with E-state index in [4.69, 9.17) is 19.7 Å². The van der Waals surface area contributed by atoms with Crippen LogP contribution in [0.4, 0.5) is 5.69 Å². The van der Waals surface area contributed by atoms with Crippen molar-refractivity contribution in [2.24, 2.45) is 34.7 Å². The molecule has 3 aromatic rings. The van der Waals surface area contributed by atoms with Gasteiger partial charge in [-0.25, -0.2) is 13.6 Å². The van der Waals surface area contributed by atoms with Crippen LogP contribution < -0.4 is 24.8 Å². The van der Waals surface area contributed by atoms with Crippen molar-refractivity contribution in [3.05, 3.63) is 62.6 Å². The summed E-state index contributed by atoms with van der Waals surface area (Å²) in [4.78, 5) is 68.0. The Morgan fingerprint density at radius 2 is 1.77 bits per heavy atom. The van der Waals surface area contributed by atoms with Gasteiger partial charge >= 0.3 is 10.8 Å². The number of amides is 3. The van der Waals surface area contributed by atoms with Gasteiger partial charge in [0.2, 0.25) is 21.8 Å². The molecule has 2 bridgehead atoms. The fourth-order valence-electron chi connectivity index (χ4n) is 7.94. The highest BCUT2D eigenvalue weighted by Crippen LogP contribution is 2.68. The number of sulfonamides is 1. The zero-order valence-electron chi connectivity index (χ0n) is 25.3. The lowest BCUT2D eigenvalue weighted by molar-refractivity contribution is -0.142. The minimum absolute atomic E-state index is 0.0418. The molecule has 2 aliphatic heterocycles. The number of ether oxygens (including phenoxy) is 2. The number of hydrogen-bond acceptors (Lipinski definition) is 11. The number of carbonyl (C=O) groups is 4.